The van der Waals surface area contributed by atoms with Crippen LogP contribution in [0, 0.1) is 0 Å². The molecule has 10 heteroatoms. The van der Waals surface area contributed by atoms with Gasteiger partial charge in [-0.25, -0.2) is 8.42 Å². The van der Waals surface area contributed by atoms with E-state index in [-0.39, 0.29) is 35.0 Å². The lowest BCUT2D eigenvalue weighted by Crippen LogP contribution is -2.12. The van der Waals surface area contributed by atoms with E-state index >= 15 is 0 Å². The van der Waals surface area contributed by atoms with Gasteiger partial charge < -0.3 is 20.3 Å². The van der Waals surface area contributed by atoms with Crippen LogP contribution < -0.4 is 10.5 Å². The number of hydrogen-bond donors (Lipinski definition) is 2. The molecule has 174 valence electrons. The lowest BCUT2D eigenvalue weighted by molar-refractivity contribution is -0.114. The van der Waals surface area contributed by atoms with Gasteiger partial charge in [-0.15, -0.1) is 0 Å². The Morgan fingerprint density at radius 3 is 2.50 bits per heavy atom. The van der Waals surface area contributed by atoms with E-state index in [1.165, 1.54) is 29.7 Å². The lowest BCUT2D eigenvalue weighted by atomic mass is 10.2. The van der Waals surface area contributed by atoms with Gasteiger partial charge in [0.25, 0.3) is 5.91 Å². The summed E-state index contributed by atoms with van der Waals surface area (Å²) in [5.74, 6) is 0.166. The first kappa shape index (κ1) is 27.2. The summed E-state index contributed by atoms with van der Waals surface area (Å²) in [5.41, 5.74) is 5.79. The highest BCUT2D eigenvalue weighted by Crippen LogP contribution is 2.17. The number of carbonyl (C=O) groups excluding carboxylic acids is 1. The summed E-state index contributed by atoms with van der Waals surface area (Å²) in [6.45, 7) is 8.93. The number of amides is 1. The Bertz CT molecular complexity index is 996. The van der Waals surface area contributed by atoms with Crippen molar-refractivity contribution in [1.29, 1.82) is 0 Å². The average molecular weight is 481 g/mol. The number of ether oxygens (including phenoxy) is 2. The molecule has 0 fully saturated rings. The van der Waals surface area contributed by atoms with E-state index in [2.05, 4.69) is 18.2 Å². The normalized spacial score (nSPS) is 13.9. The summed E-state index contributed by atoms with van der Waals surface area (Å²) in [5, 5.41) is 10.6. The van der Waals surface area contributed by atoms with Gasteiger partial charge in [0.2, 0.25) is 0 Å². The number of nitrogens with zero attached hydrogens (tertiary/aromatic N) is 1. The Labute approximate surface area is 193 Å². The van der Waals surface area contributed by atoms with Crippen molar-refractivity contribution >= 4 is 32.7 Å². The summed E-state index contributed by atoms with van der Waals surface area (Å²) in [7, 11) is -3.29. The Kier molecular flexibility index (Phi) is 11.5. The number of hydrogen-bond acceptors (Lipinski definition) is 7. The fourth-order valence-corrected chi connectivity index (χ4v) is 3.19. The number of sulfone groups is 1. The molecule has 1 atom stereocenters. The predicted octanol–water partition coefficient (Wildman–Crippen LogP) is 2.97. The van der Waals surface area contributed by atoms with Crippen molar-refractivity contribution in [3.8, 4) is 5.75 Å². The molecule has 0 aliphatic rings. The van der Waals surface area contributed by atoms with Gasteiger partial charge in [-0.3, -0.25) is 4.79 Å². The van der Waals surface area contributed by atoms with Gasteiger partial charge in [0.1, 0.15) is 18.1 Å². The molecule has 0 saturated carbocycles. The second-order valence-electron chi connectivity index (χ2n) is 6.45. The molecule has 0 saturated heterocycles. The fraction of sp³-hybridized carbons (Fsp3) is 0.273. The summed E-state index contributed by atoms with van der Waals surface area (Å²) in [6.07, 6.45) is 5.56. The standard InChI is InChI=1S/C22H28N2O6S2/c1-5-17(21(26)24-22(23)31-6-2)15-19(30-16(3)11-13-25)12-14-29-18-7-9-20(10-8-18)32(4,27)28/h5-10,12,15-16,25H,1-2,11,13-14H2,3-4H3,(H2,23,24,26)/b17-15+,19-12+. The first-order valence-electron chi connectivity index (χ1n) is 9.51. The molecule has 0 heterocycles. The molecule has 0 radical (unpaired) electrons. The molecule has 8 nitrogen and oxygen atoms in total. The van der Waals surface area contributed by atoms with Gasteiger partial charge in [0.05, 0.1) is 11.0 Å². The van der Waals surface area contributed by atoms with E-state index in [1.54, 1.807) is 25.1 Å². The smallest absolute Gasteiger partial charge is 0.279 e. The number of carbonyl (C=O) groups is 1. The number of allylic oxidation sites excluding steroid dienone is 1. The van der Waals surface area contributed by atoms with Gasteiger partial charge in [-0.1, -0.05) is 31.0 Å². The highest BCUT2D eigenvalue weighted by atomic mass is 32.2. The Balaban J connectivity index is 3.05. The zero-order valence-electron chi connectivity index (χ0n) is 18.1. The highest BCUT2D eigenvalue weighted by Gasteiger charge is 2.11. The maximum absolute atomic E-state index is 12.4. The van der Waals surface area contributed by atoms with Gasteiger partial charge in [-0.2, -0.15) is 4.99 Å². The summed E-state index contributed by atoms with van der Waals surface area (Å²) < 4.78 is 34.5. The van der Waals surface area contributed by atoms with Crippen LogP contribution in [0.5, 0.6) is 5.75 Å². The largest absolute Gasteiger partial charge is 0.491 e. The molecule has 1 unspecified atom stereocenters. The third-order valence-corrected chi connectivity index (χ3v) is 5.47. The van der Waals surface area contributed by atoms with E-state index in [1.807, 2.05) is 0 Å². The number of nitrogens with two attached hydrogens (primary N) is 1. The van der Waals surface area contributed by atoms with Gasteiger partial charge in [0.15, 0.2) is 15.0 Å². The molecule has 0 aliphatic carbocycles. The minimum absolute atomic E-state index is 0.0405. The number of thioether (sulfide) groups is 1. The zero-order chi connectivity index (χ0) is 24.1. The Morgan fingerprint density at radius 1 is 1.31 bits per heavy atom. The molecular formula is C22H28N2O6S2. The maximum atomic E-state index is 12.4. The van der Waals surface area contributed by atoms with Crippen LogP contribution in [0.4, 0.5) is 0 Å². The van der Waals surface area contributed by atoms with Gasteiger partial charge >= 0.3 is 0 Å². The SMILES string of the molecule is C=CSC(N)=NC(=O)/C(C=C)=C/C(=C\COc1ccc(S(C)(=O)=O)cc1)OC(C)CCO. The van der Waals surface area contributed by atoms with E-state index in [0.29, 0.717) is 17.9 Å². The van der Waals surface area contributed by atoms with E-state index in [4.69, 9.17) is 20.3 Å². The van der Waals surface area contributed by atoms with Crippen LogP contribution in [-0.2, 0) is 19.4 Å². The van der Waals surface area contributed by atoms with E-state index in [9.17, 15) is 13.2 Å². The Morgan fingerprint density at radius 2 is 1.97 bits per heavy atom. The lowest BCUT2D eigenvalue weighted by Gasteiger charge is -2.15. The number of aliphatic hydroxyl groups excluding tert-OH is 1. The van der Waals surface area contributed by atoms with Crippen molar-refractivity contribution in [3.63, 3.8) is 0 Å². The molecule has 0 aliphatic heterocycles. The quantitative estimate of drug-likeness (QED) is 0.154. The second-order valence-corrected chi connectivity index (χ2v) is 9.45. The van der Waals surface area contributed by atoms with Gasteiger partial charge in [0, 0.05) is 24.9 Å². The summed E-state index contributed by atoms with van der Waals surface area (Å²) >= 11 is 1.02. The van der Waals surface area contributed by atoms with Crippen LogP contribution in [0.3, 0.4) is 0 Å². The molecule has 1 aromatic carbocycles. The molecule has 32 heavy (non-hydrogen) atoms. The minimum atomic E-state index is -3.29. The number of aliphatic imine (C=N–C) groups is 1. The highest BCUT2D eigenvalue weighted by molar-refractivity contribution is 8.16. The Hall–Kier alpha value is -2.82. The van der Waals surface area contributed by atoms with Crippen LogP contribution in [0.25, 0.3) is 0 Å². The van der Waals surface area contributed by atoms with E-state index < -0.39 is 15.7 Å². The fourth-order valence-electron chi connectivity index (χ4n) is 2.25. The zero-order valence-corrected chi connectivity index (χ0v) is 19.7. The second kappa shape index (κ2) is 13.6. The molecule has 1 rings (SSSR count). The number of benzene rings is 1. The maximum Gasteiger partial charge on any atom is 0.279 e. The van der Waals surface area contributed by atoms with Crippen LogP contribution >= 0.6 is 11.8 Å². The van der Waals surface area contributed by atoms with Crippen molar-refractivity contribution in [2.45, 2.75) is 24.3 Å². The first-order valence-corrected chi connectivity index (χ1v) is 12.3. The molecule has 1 amide bonds. The van der Waals surface area contributed by atoms with Crippen molar-refractivity contribution in [2.75, 3.05) is 19.5 Å². The van der Waals surface area contributed by atoms with Crippen LogP contribution in [0.1, 0.15) is 13.3 Å². The first-order chi connectivity index (χ1) is 15.1. The summed E-state index contributed by atoms with van der Waals surface area (Å²) in [6, 6.07) is 5.99. The molecule has 0 bridgehead atoms. The minimum Gasteiger partial charge on any atom is -0.491 e. The van der Waals surface area contributed by atoms with Crippen molar-refractivity contribution in [1.82, 2.24) is 0 Å². The molecule has 3 N–H and O–H groups in total. The average Bonchev–Trinajstić information content (AvgIpc) is 2.71. The number of amidine groups is 1. The van der Waals surface area contributed by atoms with Crippen molar-refractivity contribution in [2.24, 2.45) is 10.7 Å². The molecule has 0 spiro atoms. The van der Waals surface area contributed by atoms with Crippen molar-refractivity contribution < 1.29 is 27.8 Å². The third-order valence-electron chi connectivity index (χ3n) is 3.84. The third kappa shape index (κ3) is 9.99. The van der Waals surface area contributed by atoms with Crippen LogP contribution in [-0.4, -0.2) is 50.2 Å². The van der Waals surface area contributed by atoms with Crippen LogP contribution in [0.2, 0.25) is 0 Å². The summed E-state index contributed by atoms with van der Waals surface area (Å²) in [4.78, 5) is 16.3. The molecule has 0 aromatic heterocycles. The number of rotatable bonds is 12. The predicted molar refractivity (Wildman–Crippen MR) is 128 cm³/mol. The van der Waals surface area contributed by atoms with Crippen molar-refractivity contribution in [3.05, 3.63) is 72.4 Å². The topological polar surface area (TPSA) is 128 Å². The molecule has 1 aromatic rings. The molecular weight excluding hydrogens is 452 g/mol. The van der Waals surface area contributed by atoms with Crippen LogP contribution in [0.15, 0.2) is 82.3 Å². The monoisotopic (exact) mass is 480 g/mol. The number of aliphatic hydroxyl groups is 1. The van der Waals surface area contributed by atoms with Gasteiger partial charge in [-0.05, 0) is 48.7 Å². The van der Waals surface area contributed by atoms with E-state index in [0.717, 1.165) is 18.0 Å².